The summed E-state index contributed by atoms with van der Waals surface area (Å²) in [5.41, 5.74) is 1.13. The molecule has 0 fully saturated rings. The van der Waals surface area contributed by atoms with E-state index >= 15 is 0 Å². The molecule has 0 N–H and O–H groups in total. The largest absolute Gasteiger partial charge is 0.489 e. The summed E-state index contributed by atoms with van der Waals surface area (Å²) >= 11 is 0. The highest BCUT2D eigenvalue weighted by Crippen LogP contribution is 2.39. The minimum atomic E-state index is -4.62. The van der Waals surface area contributed by atoms with Crippen molar-refractivity contribution in [1.29, 1.82) is 0 Å². The first-order valence-electron chi connectivity index (χ1n) is 12.3. The summed E-state index contributed by atoms with van der Waals surface area (Å²) in [5.74, 6) is 0.143. The third-order valence-electron chi connectivity index (χ3n) is 6.19. The van der Waals surface area contributed by atoms with E-state index in [1.807, 2.05) is 6.07 Å². The summed E-state index contributed by atoms with van der Waals surface area (Å²) in [6.07, 6.45) is -3.40. The average Bonchev–Trinajstić information content (AvgIpc) is 2.95. The summed E-state index contributed by atoms with van der Waals surface area (Å²) in [7, 11) is 0. The summed E-state index contributed by atoms with van der Waals surface area (Å²) in [5, 5.41) is 0.218. The lowest BCUT2D eigenvalue weighted by Gasteiger charge is -2.16. The van der Waals surface area contributed by atoms with Crippen molar-refractivity contribution in [3.05, 3.63) is 126 Å². The number of carbonyl (C=O) groups excluding carboxylic acids is 2. The Balaban J connectivity index is 1.56. The van der Waals surface area contributed by atoms with Gasteiger partial charge in [-0.1, -0.05) is 60.7 Å². The van der Waals surface area contributed by atoms with Crippen molar-refractivity contribution in [2.45, 2.75) is 19.7 Å². The molecule has 0 saturated carbocycles. The molecule has 200 valence electrons. The summed E-state index contributed by atoms with van der Waals surface area (Å²) < 4.78 is 52.4. The fraction of sp³-hybridized carbons (Fsp3) is 0.0938. The normalized spacial score (nSPS) is 11.3. The fourth-order valence-corrected chi connectivity index (χ4v) is 4.43. The quantitative estimate of drug-likeness (QED) is 0.120. The van der Waals surface area contributed by atoms with Gasteiger partial charge in [-0.3, -0.25) is 14.6 Å². The number of halogens is 3. The molecule has 0 spiro atoms. The second kappa shape index (κ2) is 11.0. The van der Waals surface area contributed by atoms with Crippen LogP contribution >= 0.6 is 0 Å². The van der Waals surface area contributed by atoms with Gasteiger partial charge in [-0.2, -0.15) is 13.2 Å². The Morgan fingerprint density at radius 3 is 2.23 bits per heavy atom. The molecule has 1 heterocycles. The number of fused-ring (bicyclic) bond motifs is 1. The fourth-order valence-electron chi connectivity index (χ4n) is 4.43. The van der Waals surface area contributed by atoms with Gasteiger partial charge in [-0.15, -0.1) is 0 Å². The summed E-state index contributed by atoms with van der Waals surface area (Å²) in [6.45, 7) is 1.46. The lowest BCUT2D eigenvalue weighted by Crippen LogP contribution is -2.09. The third-order valence-corrected chi connectivity index (χ3v) is 6.19. The van der Waals surface area contributed by atoms with Gasteiger partial charge in [-0.05, 0) is 47.5 Å². The molecule has 5 rings (SSSR count). The van der Waals surface area contributed by atoms with E-state index in [-0.39, 0.29) is 28.9 Å². The van der Waals surface area contributed by atoms with Gasteiger partial charge >= 0.3 is 12.1 Å². The van der Waals surface area contributed by atoms with Crippen molar-refractivity contribution in [2.24, 2.45) is 0 Å². The first-order valence-corrected chi connectivity index (χ1v) is 12.3. The van der Waals surface area contributed by atoms with E-state index in [1.165, 1.54) is 19.2 Å². The predicted octanol–water partition coefficient (Wildman–Crippen LogP) is 7.66. The first kappa shape index (κ1) is 26.6. The molecule has 8 heteroatoms. The number of pyridine rings is 1. The van der Waals surface area contributed by atoms with Crippen molar-refractivity contribution in [3.63, 3.8) is 0 Å². The number of rotatable bonds is 7. The van der Waals surface area contributed by atoms with E-state index in [2.05, 4.69) is 4.98 Å². The molecule has 4 aromatic carbocycles. The number of hydrogen-bond donors (Lipinski definition) is 0. The van der Waals surface area contributed by atoms with Gasteiger partial charge < -0.3 is 9.47 Å². The second-order valence-corrected chi connectivity index (χ2v) is 9.00. The molecule has 0 bridgehead atoms. The smallest absolute Gasteiger partial charge is 0.418 e. The van der Waals surface area contributed by atoms with Crippen molar-refractivity contribution >= 4 is 22.7 Å². The van der Waals surface area contributed by atoms with E-state index in [1.54, 1.807) is 78.9 Å². The average molecular weight is 542 g/mol. The number of ether oxygens (including phenoxy) is 2. The van der Waals surface area contributed by atoms with Crippen LogP contribution in [0.3, 0.4) is 0 Å². The van der Waals surface area contributed by atoms with Gasteiger partial charge in [0.05, 0.1) is 11.1 Å². The van der Waals surface area contributed by atoms with E-state index in [0.717, 1.165) is 11.6 Å². The monoisotopic (exact) mass is 541 g/mol. The maximum Gasteiger partial charge on any atom is 0.418 e. The Bertz CT molecular complexity index is 1700. The zero-order valence-corrected chi connectivity index (χ0v) is 21.2. The maximum absolute atomic E-state index is 13.8. The van der Waals surface area contributed by atoms with Crippen LogP contribution in [0, 0.1) is 0 Å². The number of ketones is 1. The van der Waals surface area contributed by atoms with Gasteiger partial charge in [0.1, 0.15) is 18.1 Å². The molecule has 5 nitrogen and oxygen atoms in total. The third kappa shape index (κ3) is 5.71. The molecule has 40 heavy (non-hydrogen) atoms. The highest BCUT2D eigenvalue weighted by atomic mass is 19.4. The molecule has 5 aromatic rings. The zero-order chi connectivity index (χ0) is 28.3. The number of alkyl halides is 3. The van der Waals surface area contributed by atoms with Crippen LogP contribution in [0.2, 0.25) is 0 Å². The number of aromatic nitrogens is 1. The van der Waals surface area contributed by atoms with E-state index in [0.29, 0.717) is 28.2 Å². The van der Waals surface area contributed by atoms with Gasteiger partial charge in [-0.25, -0.2) is 0 Å². The van der Waals surface area contributed by atoms with Crippen molar-refractivity contribution in [2.75, 3.05) is 0 Å². The first-order chi connectivity index (χ1) is 19.2. The molecular formula is C32H22F3NO4. The van der Waals surface area contributed by atoms with Crippen LogP contribution in [0.5, 0.6) is 11.5 Å². The Hall–Kier alpha value is -4.98. The minimum absolute atomic E-state index is 0.152. The van der Waals surface area contributed by atoms with E-state index < -0.39 is 17.7 Å². The Morgan fingerprint density at radius 2 is 1.52 bits per heavy atom. The molecule has 0 aliphatic heterocycles. The second-order valence-electron chi connectivity index (χ2n) is 9.00. The number of nitrogens with zero attached hydrogens (tertiary/aromatic N) is 1. The number of hydrogen-bond acceptors (Lipinski definition) is 5. The maximum atomic E-state index is 13.8. The molecule has 0 aliphatic rings. The van der Waals surface area contributed by atoms with E-state index in [9.17, 15) is 22.8 Å². The number of esters is 1. The molecule has 0 atom stereocenters. The van der Waals surface area contributed by atoms with Crippen LogP contribution in [0.15, 0.2) is 103 Å². The van der Waals surface area contributed by atoms with Crippen LogP contribution < -0.4 is 9.47 Å². The van der Waals surface area contributed by atoms with Crippen LogP contribution in [0.4, 0.5) is 13.2 Å². The zero-order valence-electron chi connectivity index (χ0n) is 21.2. The number of carbonyl (C=O) groups is 2. The van der Waals surface area contributed by atoms with Crippen LogP contribution in [0.25, 0.3) is 22.0 Å². The molecule has 1 aromatic heterocycles. The van der Waals surface area contributed by atoms with Crippen LogP contribution in [0.1, 0.15) is 34.0 Å². The Morgan fingerprint density at radius 1 is 0.825 bits per heavy atom. The van der Waals surface area contributed by atoms with Crippen molar-refractivity contribution in [3.8, 4) is 22.6 Å². The van der Waals surface area contributed by atoms with Gasteiger partial charge in [0.25, 0.3) is 0 Å². The highest BCUT2D eigenvalue weighted by molar-refractivity contribution is 6.16. The molecule has 0 amide bonds. The predicted molar refractivity (Wildman–Crippen MR) is 144 cm³/mol. The van der Waals surface area contributed by atoms with Gasteiger partial charge in [0.2, 0.25) is 0 Å². The standard InChI is InChI=1S/C32H22F3NO4/c1-20(37)40-25-15-13-24(14-16-25)39-19-21-7-5-10-23(17-21)29-26-11-6-12-28(32(33,34)35)30(26)36-18-27(29)31(38)22-8-3-2-4-9-22/h2-18H,19H2,1H3. The SMILES string of the molecule is CC(=O)Oc1ccc(OCc2cccc(-c3c(C(=O)c4ccccc4)cnc4c(C(F)(F)F)cccc34)c2)cc1. The van der Waals surface area contributed by atoms with Gasteiger partial charge in [0, 0.05) is 35.2 Å². The van der Waals surface area contributed by atoms with Crippen molar-refractivity contribution < 1.29 is 32.2 Å². The molecule has 0 saturated heterocycles. The summed E-state index contributed by atoms with van der Waals surface area (Å²) in [6, 6.07) is 26.0. The Labute approximate surface area is 227 Å². The lowest BCUT2D eigenvalue weighted by molar-refractivity contribution is -0.136. The van der Waals surface area contributed by atoms with Crippen molar-refractivity contribution in [1.82, 2.24) is 4.98 Å². The van der Waals surface area contributed by atoms with Crippen LogP contribution in [-0.4, -0.2) is 16.7 Å². The molecule has 0 aliphatic carbocycles. The number of para-hydroxylation sites is 1. The van der Waals surface area contributed by atoms with Crippen LogP contribution in [-0.2, 0) is 17.6 Å². The number of benzene rings is 4. The minimum Gasteiger partial charge on any atom is -0.489 e. The molecule has 0 radical (unpaired) electrons. The topological polar surface area (TPSA) is 65.5 Å². The van der Waals surface area contributed by atoms with E-state index in [4.69, 9.17) is 9.47 Å². The lowest BCUT2D eigenvalue weighted by atomic mass is 9.90. The Kier molecular flexibility index (Phi) is 7.33. The van der Waals surface area contributed by atoms with Gasteiger partial charge in [0.15, 0.2) is 5.78 Å². The molecular weight excluding hydrogens is 519 g/mol. The highest BCUT2D eigenvalue weighted by Gasteiger charge is 2.34. The molecule has 0 unspecified atom stereocenters. The summed E-state index contributed by atoms with van der Waals surface area (Å²) in [4.78, 5) is 28.8.